The normalized spacial score (nSPS) is 23.0. The third-order valence-corrected chi connectivity index (χ3v) is 8.29. The largest absolute Gasteiger partial charge is 0.490 e. The van der Waals surface area contributed by atoms with Crippen LogP contribution < -0.4 is 20.3 Å². The van der Waals surface area contributed by atoms with Crippen molar-refractivity contribution in [2.45, 2.75) is 75.7 Å². The van der Waals surface area contributed by atoms with Gasteiger partial charge in [0.2, 0.25) is 0 Å². The van der Waals surface area contributed by atoms with Gasteiger partial charge in [0, 0.05) is 36.4 Å². The van der Waals surface area contributed by atoms with Crippen LogP contribution in [0.25, 0.3) is 0 Å². The molecule has 3 aliphatic rings. The van der Waals surface area contributed by atoms with E-state index in [0.717, 1.165) is 77.5 Å². The van der Waals surface area contributed by atoms with Crippen LogP contribution in [0, 0.1) is 11.3 Å². The first-order valence-electron chi connectivity index (χ1n) is 14.0. The van der Waals surface area contributed by atoms with E-state index in [1.54, 1.807) is 18.2 Å². The Morgan fingerprint density at radius 1 is 0.921 bits per heavy atom. The van der Waals surface area contributed by atoms with Gasteiger partial charge in [0.1, 0.15) is 11.8 Å². The lowest BCUT2D eigenvalue weighted by molar-refractivity contribution is -0.0363. The lowest BCUT2D eigenvalue weighted by Crippen LogP contribution is -2.41. The smallest absolute Gasteiger partial charge is 0.251 e. The average Bonchev–Trinajstić information content (AvgIpc) is 2.95. The maximum absolute atomic E-state index is 12.9. The Morgan fingerprint density at radius 3 is 2.26 bits per heavy atom. The second-order valence-electron chi connectivity index (χ2n) is 10.6. The molecular weight excluding hydrogens is 500 g/mol. The van der Waals surface area contributed by atoms with Gasteiger partial charge in [-0.3, -0.25) is 4.79 Å². The fourth-order valence-corrected chi connectivity index (χ4v) is 5.94. The molecule has 1 amide bonds. The number of piperidine rings is 2. The summed E-state index contributed by atoms with van der Waals surface area (Å²) in [5.41, 5.74) is 2.31. The molecule has 0 bridgehead atoms. The maximum Gasteiger partial charge on any atom is 0.251 e. The van der Waals surface area contributed by atoms with Crippen molar-refractivity contribution < 1.29 is 14.3 Å². The van der Waals surface area contributed by atoms with Gasteiger partial charge >= 0.3 is 0 Å². The van der Waals surface area contributed by atoms with Crippen LogP contribution in [0.1, 0.15) is 67.3 Å². The molecule has 1 aliphatic carbocycles. The number of amides is 1. The minimum atomic E-state index is -0.0196. The zero-order chi connectivity index (χ0) is 26.3. The Balaban J connectivity index is 1.04. The lowest BCUT2D eigenvalue weighted by atomic mass is 9.92. The summed E-state index contributed by atoms with van der Waals surface area (Å²) in [5, 5.41) is 16.0. The van der Waals surface area contributed by atoms with Crippen LogP contribution in [0.3, 0.4) is 0 Å². The molecule has 2 aromatic carbocycles. The van der Waals surface area contributed by atoms with Crippen LogP contribution in [0.15, 0.2) is 42.5 Å². The number of nitrogens with zero attached hydrogens (tertiary/aromatic N) is 2. The third kappa shape index (κ3) is 6.99. The molecule has 7 nitrogen and oxygen atoms in total. The van der Waals surface area contributed by atoms with Gasteiger partial charge in [-0.25, -0.2) is 0 Å². The van der Waals surface area contributed by atoms with Crippen molar-refractivity contribution in [3.05, 3.63) is 58.6 Å². The fraction of sp³-hybridized carbons (Fsp3) is 0.533. The van der Waals surface area contributed by atoms with Crippen molar-refractivity contribution in [3.8, 4) is 11.8 Å². The van der Waals surface area contributed by atoms with Crippen LogP contribution in [-0.2, 0) is 4.74 Å². The summed E-state index contributed by atoms with van der Waals surface area (Å²) in [5.74, 6) is 0.661. The number of nitriles is 1. The van der Waals surface area contributed by atoms with Gasteiger partial charge in [0.05, 0.1) is 28.9 Å². The first-order valence-corrected chi connectivity index (χ1v) is 14.3. The Kier molecular flexibility index (Phi) is 9.06. The summed E-state index contributed by atoms with van der Waals surface area (Å²) in [6.45, 7) is 4.10. The molecule has 5 rings (SSSR count). The van der Waals surface area contributed by atoms with Gasteiger partial charge in [-0.15, -0.1) is 0 Å². The molecular formula is C30H37ClN4O3. The molecule has 2 saturated heterocycles. The van der Waals surface area contributed by atoms with Crippen molar-refractivity contribution in [2.75, 3.05) is 31.1 Å². The van der Waals surface area contributed by atoms with E-state index in [0.29, 0.717) is 34.1 Å². The average molecular weight is 537 g/mol. The zero-order valence-electron chi connectivity index (χ0n) is 21.8. The molecule has 2 aromatic rings. The Hall–Kier alpha value is -2.79. The molecule has 3 fully saturated rings. The van der Waals surface area contributed by atoms with Gasteiger partial charge in [-0.05, 0) is 101 Å². The van der Waals surface area contributed by atoms with Gasteiger partial charge in [0.25, 0.3) is 5.91 Å². The molecule has 0 unspecified atom stereocenters. The van der Waals surface area contributed by atoms with E-state index in [1.807, 2.05) is 12.1 Å². The summed E-state index contributed by atoms with van der Waals surface area (Å²) < 4.78 is 12.4. The number of carbonyl (C=O) groups excluding carboxylic acids is 1. The van der Waals surface area contributed by atoms with Crippen molar-refractivity contribution >= 4 is 23.2 Å². The number of ether oxygens (including phenoxy) is 2. The predicted octanol–water partition coefficient (Wildman–Crippen LogP) is 5.07. The van der Waals surface area contributed by atoms with E-state index in [2.05, 4.69) is 33.7 Å². The molecule has 1 saturated carbocycles. The number of hydrogen-bond acceptors (Lipinski definition) is 6. The standard InChI is InChI=1S/C30H37ClN4O3/c31-29-19-28(8-3-22(29)20-32)38-25-9-4-23(5-10-25)34-30(36)21-1-6-24(7-2-21)35-17-13-27(14-18-35)37-26-11-15-33-16-12-26/h1-3,6-8,19,23,25-27,33H,4-5,9-18H2,(H,34,36)/t23-,25-. The number of anilines is 1. The van der Waals surface area contributed by atoms with E-state index in [1.165, 1.54) is 5.69 Å². The summed E-state index contributed by atoms with van der Waals surface area (Å²) in [6, 6.07) is 15.4. The van der Waals surface area contributed by atoms with Gasteiger partial charge in [-0.1, -0.05) is 11.6 Å². The van der Waals surface area contributed by atoms with Crippen LogP contribution >= 0.6 is 11.6 Å². The highest BCUT2D eigenvalue weighted by atomic mass is 35.5. The Bertz CT molecular complexity index is 1110. The van der Waals surface area contributed by atoms with Crippen molar-refractivity contribution in [1.29, 1.82) is 5.26 Å². The molecule has 2 aliphatic heterocycles. The van der Waals surface area contributed by atoms with Crippen molar-refractivity contribution in [3.63, 3.8) is 0 Å². The fourth-order valence-electron chi connectivity index (χ4n) is 5.72. The third-order valence-electron chi connectivity index (χ3n) is 7.98. The second-order valence-corrected chi connectivity index (χ2v) is 11.0. The molecule has 2 heterocycles. The number of benzene rings is 2. The quantitative estimate of drug-likeness (QED) is 0.514. The zero-order valence-corrected chi connectivity index (χ0v) is 22.6. The van der Waals surface area contributed by atoms with E-state index >= 15 is 0 Å². The Labute approximate surface area is 230 Å². The van der Waals surface area contributed by atoms with Crippen molar-refractivity contribution in [1.82, 2.24) is 10.6 Å². The summed E-state index contributed by atoms with van der Waals surface area (Å²) in [4.78, 5) is 15.3. The molecule has 0 atom stereocenters. The summed E-state index contributed by atoms with van der Waals surface area (Å²) in [6.07, 6.45) is 8.65. The molecule has 0 aromatic heterocycles. The SMILES string of the molecule is N#Cc1ccc(O[C@H]2CC[C@H](NC(=O)c3ccc(N4CCC(OC5CCNCC5)CC4)cc3)CC2)cc1Cl. The summed E-state index contributed by atoms with van der Waals surface area (Å²) >= 11 is 6.12. The number of halogens is 1. The first kappa shape index (κ1) is 26.8. The minimum Gasteiger partial charge on any atom is -0.490 e. The van der Waals surface area contributed by atoms with Gasteiger partial charge < -0.3 is 25.0 Å². The van der Waals surface area contributed by atoms with E-state index < -0.39 is 0 Å². The van der Waals surface area contributed by atoms with Crippen LogP contribution in [0.5, 0.6) is 5.75 Å². The Morgan fingerprint density at radius 2 is 1.61 bits per heavy atom. The topological polar surface area (TPSA) is 86.6 Å². The first-order chi connectivity index (χ1) is 18.6. The van der Waals surface area contributed by atoms with Crippen LogP contribution in [0.2, 0.25) is 5.02 Å². The molecule has 38 heavy (non-hydrogen) atoms. The number of carbonyl (C=O) groups is 1. The van der Waals surface area contributed by atoms with Gasteiger partial charge in [0.15, 0.2) is 0 Å². The molecule has 8 heteroatoms. The highest BCUT2D eigenvalue weighted by molar-refractivity contribution is 6.31. The van der Waals surface area contributed by atoms with E-state index in [-0.39, 0.29) is 18.1 Å². The van der Waals surface area contributed by atoms with Crippen LogP contribution in [-0.4, -0.2) is 56.4 Å². The molecule has 0 spiro atoms. The van der Waals surface area contributed by atoms with Crippen LogP contribution in [0.4, 0.5) is 5.69 Å². The highest BCUT2D eigenvalue weighted by Crippen LogP contribution is 2.28. The second kappa shape index (κ2) is 12.8. The molecule has 202 valence electrons. The number of nitrogens with one attached hydrogen (secondary N) is 2. The monoisotopic (exact) mass is 536 g/mol. The number of hydrogen-bond donors (Lipinski definition) is 2. The predicted molar refractivity (Wildman–Crippen MR) is 149 cm³/mol. The van der Waals surface area contributed by atoms with E-state index in [4.69, 9.17) is 26.3 Å². The molecule has 2 N–H and O–H groups in total. The highest BCUT2D eigenvalue weighted by Gasteiger charge is 2.26. The van der Waals surface area contributed by atoms with Gasteiger partial charge in [-0.2, -0.15) is 5.26 Å². The maximum atomic E-state index is 12.9. The van der Waals surface area contributed by atoms with E-state index in [9.17, 15) is 4.79 Å². The van der Waals surface area contributed by atoms with Crippen molar-refractivity contribution in [2.24, 2.45) is 0 Å². The summed E-state index contributed by atoms with van der Waals surface area (Å²) in [7, 11) is 0. The minimum absolute atomic E-state index is 0.0196. The lowest BCUT2D eigenvalue weighted by Gasteiger charge is -2.36. The molecule has 0 radical (unpaired) electrons. The number of rotatable bonds is 7.